The number of halogens is 1. The van der Waals surface area contributed by atoms with Crippen LogP contribution in [0.4, 0.5) is 0 Å². The molecule has 0 unspecified atom stereocenters. The van der Waals surface area contributed by atoms with Gasteiger partial charge < -0.3 is 0 Å². The smallest absolute Gasteiger partial charge is 0.168 e. The summed E-state index contributed by atoms with van der Waals surface area (Å²) in [6.07, 6.45) is 7.05. The van der Waals surface area contributed by atoms with Crippen LogP contribution in [0.1, 0.15) is 40.4 Å². The monoisotopic (exact) mass is 391 g/mol. The van der Waals surface area contributed by atoms with E-state index in [0.717, 1.165) is 49.1 Å². The van der Waals surface area contributed by atoms with Crippen molar-refractivity contribution in [1.82, 2.24) is 4.98 Å². The molecular formula is C23H18ClNOS. The van der Waals surface area contributed by atoms with Crippen LogP contribution >= 0.6 is 23.4 Å². The molecule has 0 fully saturated rings. The third kappa shape index (κ3) is 3.71. The minimum atomic E-state index is 0.186. The van der Waals surface area contributed by atoms with E-state index in [-0.39, 0.29) is 5.78 Å². The molecule has 0 radical (unpaired) electrons. The highest BCUT2D eigenvalue weighted by molar-refractivity contribution is 7.99. The van der Waals surface area contributed by atoms with Crippen LogP contribution in [-0.2, 0) is 6.42 Å². The highest BCUT2D eigenvalue weighted by Crippen LogP contribution is 2.38. The van der Waals surface area contributed by atoms with Gasteiger partial charge in [-0.1, -0.05) is 48.5 Å². The number of fused-ring (bicyclic) bond motifs is 1. The van der Waals surface area contributed by atoms with Gasteiger partial charge in [-0.3, -0.25) is 9.78 Å². The molecule has 0 N–H and O–H groups in total. The number of hydrogen-bond acceptors (Lipinski definition) is 3. The van der Waals surface area contributed by atoms with E-state index < -0.39 is 0 Å². The Balaban J connectivity index is 1.75. The molecule has 0 bridgehead atoms. The second-order valence-corrected chi connectivity index (χ2v) is 7.98. The zero-order chi connectivity index (χ0) is 18.8. The normalized spacial score (nSPS) is 13.3. The van der Waals surface area contributed by atoms with E-state index in [0.29, 0.717) is 6.42 Å². The van der Waals surface area contributed by atoms with Gasteiger partial charge in [0.15, 0.2) is 5.78 Å². The van der Waals surface area contributed by atoms with Crippen molar-refractivity contribution in [3.8, 4) is 0 Å². The lowest BCUT2D eigenvalue weighted by Gasteiger charge is -2.20. The van der Waals surface area contributed by atoms with E-state index in [1.807, 2.05) is 54.7 Å². The molecule has 4 heteroatoms. The molecular weight excluding hydrogens is 374 g/mol. The average Bonchev–Trinajstić information content (AvgIpc) is 2.69. The second kappa shape index (κ2) is 7.71. The van der Waals surface area contributed by atoms with Crippen LogP contribution in [0.25, 0.3) is 11.6 Å². The van der Waals surface area contributed by atoms with Gasteiger partial charge in [-0.25, -0.2) is 0 Å². The molecule has 0 atom stereocenters. The molecule has 3 aromatic rings. The maximum Gasteiger partial charge on any atom is 0.168 e. The van der Waals surface area contributed by atoms with Crippen molar-refractivity contribution < 1.29 is 4.79 Å². The quantitative estimate of drug-likeness (QED) is 0.503. The number of carbonyl (C=O) groups excluding carboxylic acids is 1. The summed E-state index contributed by atoms with van der Waals surface area (Å²) in [5.74, 6) is 0.186. The van der Waals surface area contributed by atoms with Gasteiger partial charge in [0, 0.05) is 44.8 Å². The summed E-state index contributed by atoms with van der Waals surface area (Å²) in [4.78, 5) is 19.4. The molecule has 0 aliphatic heterocycles. The topological polar surface area (TPSA) is 30.0 Å². The van der Waals surface area contributed by atoms with Crippen molar-refractivity contribution in [1.29, 1.82) is 0 Å². The number of carbonyl (C=O) groups is 1. The van der Waals surface area contributed by atoms with Crippen LogP contribution in [0, 0.1) is 0 Å². The molecule has 2 aromatic carbocycles. The zero-order valence-corrected chi connectivity index (χ0v) is 16.5. The lowest BCUT2D eigenvalue weighted by Crippen LogP contribution is -2.11. The number of rotatable bonds is 4. The van der Waals surface area contributed by atoms with Crippen LogP contribution < -0.4 is 0 Å². The Morgan fingerprint density at radius 1 is 1.11 bits per heavy atom. The summed E-state index contributed by atoms with van der Waals surface area (Å²) in [6, 6.07) is 15.9. The Bertz CT molecular complexity index is 1040. The molecule has 1 heterocycles. The van der Waals surface area contributed by atoms with Crippen molar-refractivity contribution in [2.75, 3.05) is 0 Å². The van der Waals surface area contributed by atoms with Gasteiger partial charge in [-0.05, 0) is 59.5 Å². The number of Topliss-reactive ketones (excluding diaryl/α,β-unsaturated/α-hetero) is 1. The first-order valence-corrected chi connectivity index (χ1v) is 10.1. The van der Waals surface area contributed by atoms with Crippen LogP contribution in [-0.4, -0.2) is 10.8 Å². The van der Waals surface area contributed by atoms with Crippen molar-refractivity contribution in [3.05, 3.63) is 88.2 Å². The highest BCUT2D eigenvalue weighted by atomic mass is 35.5. The number of nitrogens with zero attached hydrogens (tertiary/aromatic N) is 1. The average molecular weight is 392 g/mol. The molecule has 1 aromatic heterocycles. The van der Waals surface area contributed by atoms with Crippen LogP contribution in [0.5, 0.6) is 0 Å². The zero-order valence-electron chi connectivity index (χ0n) is 14.9. The predicted octanol–water partition coefficient (Wildman–Crippen LogP) is 6.58. The standard InChI is InChI=1S/C23H18ClNOS/c1-2-15-4-3-5-16-12-17(13-21(26)23(15)16)20-14-25-11-10-22(20)27-19-8-6-18(24)7-9-19/h3-12,14H,2,13H2,1H3. The summed E-state index contributed by atoms with van der Waals surface area (Å²) in [5.41, 5.74) is 5.03. The van der Waals surface area contributed by atoms with Crippen molar-refractivity contribution in [3.63, 3.8) is 0 Å². The number of benzene rings is 2. The Morgan fingerprint density at radius 3 is 2.70 bits per heavy atom. The van der Waals surface area contributed by atoms with E-state index >= 15 is 0 Å². The number of aromatic nitrogens is 1. The number of hydrogen-bond donors (Lipinski definition) is 0. The fourth-order valence-corrected chi connectivity index (χ4v) is 4.46. The van der Waals surface area contributed by atoms with E-state index in [2.05, 4.69) is 18.0 Å². The molecule has 0 saturated carbocycles. The molecule has 2 nitrogen and oxygen atoms in total. The maximum atomic E-state index is 12.9. The third-order valence-corrected chi connectivity index (χ3v) is 6.03. The number of aryl methyl sites for hydroxylation is 1. The molecule has 27 heavy (non-hydrogen) atoms. The molecule has 0 spiro atoms. The number of ketones is 1. The lowest BCUT2D eigenvalue weighted by molar-refractivity contribution is 0.0996. The van der Waals surface area contributed by atoms with E-state index in [1.165, 1.54) is 0 Å². The van der Waals surface area contributed by atoms with Crippen LogP contribution in [0.15, 0.2) is 70.7 Å². The minimum Gasteiger partial charge on any atom is -0.294 e. The van der Waals surface area contributed by atoms with Crippen LogP contribution in [0.2, 0.25) is 5.02 Å². The van der Waals surface area contributed by atoms with Gasteiger partial charge >= 0.3 is 0 Å². The fourth-order valence-electron chi connectivity index (χ4n) is 3.39. The first-order valence-electron chi connectivity index (χ1n) is 8.89. The lowest BCUT2D eigenvalue weighted by atomic mass is 9.85. The van der Waals surface area contributed by atoms with Crippen molar-refractivity contribution in [2.24, 2.45) is 0 Å². The van der Waals surface area contributed by atoms with Gasteiger partial charge in [-0.15, -0.1) is 0 Å². The summed E-state index contributed by atoms with van der Waals surface area (Å²) in [5, 5.41) is 0.721. The third-order valence-electron chi connectivity index (χ3n) is 4.69. The minimum absolute atomic E-state index is 0.186. The maximum absolute atomic E-state index is 12.9. The van der Waals surface area contributed by atoms with Crippen molar-refractivity contribution >= 4 is 40.8 Å². The summed E-state index contributed by atoms with van der Waals surface area (Å²) >= 11 is 7.65. The highest BCUT2D eigenvalue weighted by Gasteiger charge is 2.23. The van der Waals surface area contributed by atoms with E-state index in [1.54, 1.807) is 18.0 Å². The Labute approximate surface area is 168 Å². The Morgan fingerprint density at radius 2 is 1.93 bits per heavy atom. The van der Waals surface area contributed by atoms with Gasteiger partial charge in [0.1, 0.15) is 0 Å². The molecule has 4 rings (SSSR count). The molecule has 0 saturated heterocycles. The van der Waals surface area contributed by atoms with Gasteiger partial charge in [-0.2, -0.15) is 0 Å². The molecule has 134 valence electrons. The summed E-state index contributed by atoms with van der Waals surface area (Å²) < 4.78 is 0. The largest absolute Gasteiger partial charge is 0.294 e. The SMILES string of the molecule is CCc1cccc2c1C(=O)CC(c1cnccc1Sc1ccc(Cl)cc1)=C2. The first kappa shape index (κ1) is 18.0. The number of pyridine rings is 1. The van der Waals surface area contributed by atoms with Gasteiger partial charge in [0.2, 0.25) is 0 Å². The number of allylic oxidation sites excluding steroid dienone is 1. The summed E-state index contributed by atoms with van der Waals surface area (Å²) in [6.45, 7) is 2.09. The molecule has 1 aliphatic rings. The van der Waals surface area contributed by atoms with Crippen molar-refractivity contribution in [2.45, 2.75) is 29.6 Å². The first-order chi connectivity index (χ1) is 13.2. The van der Waals surface area contributed by atoms with E-state index in [4.69, 9.17) is 11.6 Å². The molecule has 0 amide bonds. The van der Waals surface area contributed by atoms with Crippen LogP contribution in [0.3, 0.4) is 0 Å². The Kier molecular flexibility index (Phi) is 5.15. The molecule has 1 aliphatic carbocycles. The van der Waals surface area contributed by atoms with E-state index in [9.17, 15) is 4.79 Å². The fraction of sp³-hybridized carbons (Fsp3) is 0.130. The second-order valence-electron chi connectivity index (χ2n) is 6.43. The predicted molar refractivity (Wildman–Crippen MR) is 112 cm³/mol. The Hall–Kier alpha value is -2.36. The van der Waals surface area contributed by atoms with Gasteiger partial charge in [0.25, 0.3) is 0 Å². The summed E-state index contributed by atoms with van der Waals surface area (Å²) in [7, 11) is 0. The van der Waals surface area contributed by atoms with Gasteiger partial charge in [0.05, 0.1) is 0 Å².